The average molecular weight is 575 g/mol. The van der Waals surface area contributed by atoms with E-state index < -0.39 is 5.97 Å². The van der Waals surface area contributed by atoms with Gasteiger partial charge in [-0.3, -0.25) is 14.5 Å². The third-order valence-electron chi connectivity index (χ3n) is 6.41. The largest absolute Gasteiger partial charge is 0.478 e. The van der Waals surface area contributed by atoms with Crippen LogP contribution in [0, 0.1) is 0 Å². The van der Waals surface area contributed by atoms with Crippen LogP contribution < -0.4 is 10.2 Å². The van der Waals surface area contributed by atoms with E-state index in [1.165, 1.54) is 11.2 Å². The predicted molar refractivity (Wildman–Crippen MR) is 163 cm³/mol. The van der Waals surface area contributed by atoms with Crippen molar-refractivity contribution in [2.24, 2.45) is 4.99 Å². The first-order chi connectivity index (χ1) is 20.5. The Labute approximate surface area is 244 Å². The van der Waals surface area contributed by atoms with Crippen LogP contribution in [0.1, 0.15) is 16.1 Å². The second kappa shape index (κ2) is 11.6. The molecule has 0 atom stereocenters. The summed E-state index contributed by atoms with van der Waals surface area (Å²) in [5.41, 5.74) is 3.39. The van der Waals surface area contributed by atoms with Crippen molar-refractivity contribution in [3.05, 3.63) is 120 Å². The van der Waals surface area contributed by atoms with Gasteiger partial charge in [0.05, 0.1) is 34.5 Å². The standard InChI is InChI=1S/C32H22N4O5S/c37-29(19-42-32-35-28(17-23-9-6-16-41-23)30(38)36(32)22-7-2-1-3-8-22)33-21-14-12-20(13-15-21)27-18-25(31(39)40)24-10-4-5-11-26(24)34-27/h1-18H,19H2,(H,33,37)(H,39,40)/b28-17-. The maximum Gasteiger partial charge on any atom is 0.336 e. The number of hydrogen-bond donors (Lipinski definition) is 2. The maximum atomic E-state index is 13.2. The van der Waals surface area contributed by atoms with E-state index in [2.05, 4.69) is 15.3 Å². The number of para-hydroxylation sites is 2. The van der Waals surface area contributed by atoms with E-state index in [-0.39, 0.29) is 28.8 Å². The monoisotopic (exact) mass is 574 g/mol. The minimum atomic E-state index is -1.03. The molecular weight excluding hydrogens is 552 g/mol. The number of carboxylic acid groups (broad SMARTS) is 1. The third-order valence-corrected chi connectivity index (χ3v) is 7.35. The molecule has 5 aromatic rings. The zero-order chi connectivity index (χ0) is 29.1. The summed E-state index contributed by atoms with van der Waals surface area (Å²) in [4.78, 5) is 48.5. The van der Waals surface area contributed by atoms with Crippen LogP contribution >= 0.6 is 11.8 Å². The lowest BCUT2D eigenvalue weighted by molar-refractivity contribution is -0.114. The Morgan fingerprint density at radius 1 is 0.952 bits per heavy atom. The number of thioether (sulfide) groups is 1. The van der Waals surface area contributed by atoms with Crippen molar-refractivity contribution in [3.8, 4) is 11.3 Å². The molecule has 2 amide bonds. The molecule has 3 heterocycles. The molecule has 9 nitrogen and oxygen atoms in total. The van der Waals surface area contributed by atoms with E-state index in [1.54, 1.807) is 78.9 Å². The van der Waals surface area contributed by atoms with Crippen LogP contribution in [0.3, 0.4) is 0 Å². The van der Waals surface area contributed by atoms with Gasteiger partial charge in [-0.05, 0) is 48.5 Å². The molecule has 1 aliphatic heterocycles. The highest BCUT2D eigenvalue weighted by Crippen LogP contribution is 2.30. The quantitative estimate of drug-likeness (QED) is 0.218. The molecule has 0 bridgehead atoms. The average Bonchev–Trinajstić information content (AvgIpc) is 3.64. The van der Waals surface area contributed by atoms with Crippen LogP contribution in [0.25, 0.3) is 28.2 Å². The van der Waals surface area contributed by atoms with E-state index in [1.807, 2.05) is 24.3 Å². The summed E-state index contributed by atoms with van der Waals surface area (Å²) in [6, 6.07) is 28.2. The highest BCUT2D eigenvalue weighted by molar-refractivity contribution is 8.14. The number of rotatable bonds is 7. The number of fused-ring (bicyclic) bond motifs is 1. The van der Waals surface area contributed by atoms with Gasteiger partial charge < -0.3 is 14.8 Å². The van der Waals surface area contributed by atoms with Crippen molar-refractivity contribution < 1.29 is 23.9 Å². The molecule has 0 radical (unpaired) electrons. The highest BCUT2D eigenvalue weighted by Gasteiger charge is 2.32. The van der Waals surface area contributed by atoms with E-state index in [0.717, 1.165) is 11.8 Å². The second-order valence-corrected chi connectivity index (χ2v) is 10.1. The molecule has 2 N–H and O–H groups in total. The molecule has 42 heavy (non-hydrogen) atoms. The Morgan fingerprint density at radius 2 is 1.71 bits per heavy atom. The Hall–Kier alpha value is -5.48. The number of amidine groups is 1. The molecule has 6 rings (SSSR count). The number of benzene rings is 3. The highest BCUT2D eigenvalue weighted by atomic mass is 32.2. The summed E-state index contributed by atoms with van der Waals surface area (Å²) < 4.78 is 5.34. The molecule has 1 aliphatic rings. The fraction of sp³-hybridized carbons (Fsp3) is 0.0312. The minimum absolute atomic E-state index is 0.0133. The van der Waals surface area contributed by atoms with Crippen LogP contribution in [-0.4, -0.2) is 38.8 Å². The number of carbonyl (C=O) groups excluding carboxylic acids is 2. The molecule has 0 fully saturated rings. The summed E-state index contributed by atoms with van der Waals surface area (Å²) in [5.74, 6) is -1.11. The summed E-state index contributed by atoms with van der Waals surface area (Å²) in [5, 5.41) is 13.5. The lowest BCUT2D eigenvalue weighted by Gasteiger charge is -2.17. The van der Waals surface area contributed by atoms with Crippen molar-refractivity contribution in [3.63, 3.8) is 0 Å². The number of aromatic nitrogens is 1. The van der Waals surface area contributed by atoms with Crippen molar-refractivity contribution in [2.45, 2.75) is 0 Å². The number of nitrogens with zero attached hydrogens (tertiary/aromatic N) is 3. The van der Waals surface area contributed by atoms with E-state index in [0.29, 0.717) is 44.5 Å². The number of furan rings is 1. The normalized spacial score (nSPS) is 13.9. The fourth-order valence-electron chi connectivity index (χ4n) is 4.46. The van der Waals surface area contributed by atoms with Gasteiger partial charge in [0.2, 0.25) is 5.91 Å². The molecule has 0 spiro atoms. The zero-order valence-electron chi connectivity index (χ0n) is 21.9. The van der Waals surface area contributed by atoms with Crippen LogP contribution in [0.4, 0.5) is 11.4 Å². The molecule has 0 unspecified atom stereocenters. The Morgan fingerprint density at radius 3 is 2.45 bits per heavy atom. The SMILES string of the molecule is O=C(CSC1=N/C(=C\c2ccco2)C(=O)N1c1ccccc1)Nc1ccc(-c2cc(C(=O)O)c3ccccc3n2)cc1. The van der Waals surface area contributed by atoms with E-state index >= 15 is 0 Å². The van der Waals surface area contributed by atoms with Gasteiger partial charge in [-0.15, -0.1) is 0 Å². The first-order valence-electron chi connectivity index (χ1n) is 12.9. The van der Waals surface area contributed by atoms with Gasteiger partial charge in [0, 0.05) is 22.7 Å². The number of anilines is 2. The number of nitrogens with one attached hydrogen (secondary N) is 1. The van der Waals surface area contributed by atoms with Gasteiger partial charge in [0.1, 0.15) is 11.5 Å². The van der Waals surface area contributed by atoms with Gasteiger partial charge >= 0.3 is 5.97 Å². The molecule has 0 saturated carbocycles. The smallest absolute Gasteiger partial charge is 0.336 e. The fourth-order valence-corrected chi connectivity index (χ4v) is 5.27. The topological polar surface area (TPSA) is 125 Å². The summed E-state index contributed by atoms with van der Waals surface area (Å²) >= 11 is 1.15. The molecule has 10 heteroatoms. The second-order valence-electron chi connectivity index (χ2n) is 9.21. The number of pyridine rings is 1. The first kappa shape index (κ1) is 26.7. The molecular formula is C32H22N4O5S. The Bertz CT molecular complexity index is 1870. The number of carbonyl (C=O) groups is 3. The van der Waals surface area contributed by atoms with Crippen LogP contribution in [0.5, 0.6) is 0 Å². The van der Waals surface area contributed by atoms with Crippen LogP contribution in [0.2, 0.25) is 0 Å². The lowest BCUT2D eigenvalue weighted by Crippen LogP contribution is -2.31. The van der Waals surface area contributed by atoms with Crippen molar-refractivity contribution >= 4 is 63.1 Å². The van der Waals surface area contributed by atoms with Crippen molar-refractivity contribution in [2.75, 3.05) is 16.0 Å². The van der Waals surface area contributed by atoms with Gasteiger partial charge in [-0.2, -0.15) is 0 Å². The van der Waals surface area contributed by atoms with Crippen molar-refractivity contribution in [1.82, 2.24) is 4.98 Å². The Kier molecular flexibility index (Phi) is 7.35. The van der Waals surface area contributed by atoms with E-state index in [9.17, 15) is 19.5 Å². The third kappa shape index (κ3) is 5.56. The van der Waals surface area contributed by atoms with E-state index in [4.69, 9.17) is 4.42 Å². The molecule has 206 valence electrons. The number of aromatic carboxylic acids is 1. The minimum Gasteiger partial charge on any atom is -0.478 e. The van der Waals surface area contributed by atoms with Gasteiger partial charge in [-0.1, -0.05) is 60.3 Å². The Balaban J connectivity index is 1.16. The number of carboxylic acids is 1. The summed E-state index contributed by atoms with van der Waals surface area (Å²) in [7, 11) is 0. The number of aliphatic imine (C=N–C) groups is 1. The van der Waals surface area contributed by atoms with Gasteiger partial charge in [0.25, 0.3) is 5.91 Å². The molecule has 3 aromatic carbocycles. The maximum absolute atomic E-state index is 13.2. The van der Waals surface area contributed by atoms with Crippen molar-refractivity contribution in [1.29, 1.82) is 0 Å². The predicted octanol–water partition coefficient (Wildman–Crippen LogP) is 6.31. The first-order valence-corrected chi connectivity index (χ1v) is 13.8. The summed E-state index contributed by atoms with van der Waals surface area (Å²) in [6.07, 6.45) is 3.08. The zero-order valence-corrected chi connectivity index (χ0v) is 22.7. The summed E-state index contributed by atoms with van der Waals surface area (Å²) in [6.45, 7) is 0. The number of hydrogen-bond acceptors (Lipinski definition) is 7. The molecule has 2 aromatic heterocycles. The molecule has 0 aliphatic carbocycles. The molecule has 0 saturated heterocycles. The van der Waals surface area contributed by atoms with Gasteiger partial charge in [0.15, 0.2) is 5.17 Å². The number of amides is 2. The lowest BCUT2D eigenvalue weighted by atomic mass is 10.0. The van der Waals surface area contributed by atoms with Crippen LogP contribution in [-0.2, 0) is 9.59 Å². The van der Waals surface area contributed by atoms with Gasteiger partial charge in [-0.25, -0.2) is 14.8 Å². The van der Waals surface area contributed by atoms with Crippen LogP contribution in [0.15, 0.2) is 118 Å².